The number of aromatic amines is 1. The van der Waals surface area contributed by atoms with Crippen LogP contribution in [-0.2, 0) is 107 Å². The van der Waals surface area contributed by atoms with Gasteiger partial charge < -0.3 is 122 Å². The Balaban J connectivity index is 1.88. The van der Waals surface area contributed by atoms with Crippen LogP contribution in [0.3, 0.4) is 0 Å². The monoisotopic (exact) mass is 1690 g/mol. The van der Waals surface area contributed by atoms with Crippen molar-refractivity contribution >= 4 is 141 Å². The number of hydrogen-bond acceptors (Lipinski definition) is 24. The molecular weight excluding hydrogens is 1580 g/mol. The van der Waals surface area contributed by atoms with E-state index in [2.05, 4.69) is 72.0 Å². The molecule has 4 rings (SSSR count). The first-order valence-electron chi connectivity index (χ1n) is 38.7. The second-order valence-corrected chi connectivity index (χ2v) is 29.0. The first-order chi connectivity index (χ1) is 56.6. The molecule has 14 atom stereocenters. The highest BCUT2D eigenvalue weighted by Gasteiger charge is 2.41. The molecule has 120 heavy (non-hydrogen) atoms. The van der Waals surface area contributed by atoms with Crippen LogP contribution in [0.4, 0.5) is 5.69 Å². The molecule has 44 heteroatoms. The lowest BCUT2D eigenvalue weighted by Gasteiger charge is -2.30. The van der Waals surface area contributed by atoms with Crippen molar-refractivity contribution < 1.29 is 126 Å². The van der Waals surface area contributed by atoms with E-state index < -0.39 is 267 Å². The van der Waals surface area contributed by atoms with Crippen LogP contribution in [0, 0.1) is 11.8 Å². The van der Waals surface area contributed by atoms with E-state index in [9.17, 15) is 121 Å². The molecule has 658 valence electrons. The molecule has 26 N–H and O–H groups in total. The summed E-state index contributed by atoms with van der Waals surface area (Å²) in [7, 11) is 0. The molecular formula is C76H108N18O26. The lowest BCUT2D eigenvalue weighted by atomic mass is 9.95. The smallest absolute Gasteiger partial charge is 0.329 e. The Bertz CT molecular complexity index is 4230. The summed E-state index contributed by atoms with van der Waals surface area (Å²) >= 11 is 0. The van der Waals surface area contributed by atoms with Crippen LogP contribution in [0.15, 0.2) is 54.7 Å². The Hall–Kier alpha value is -13.2. The van der Waals surface area contributed by atoms with Gasteiger partial charge in [-0.05, 0) is 75.3 Å². The highest BCUT2D eigenvalue weighted by Crippen LogP contribution is 2.22. The summed E-state index contributed by atoms with van der Waals surface area (Å²) < 4.78 is 5.70. The predicted molar refractivity (Wildman–Crippen MR) is 421 cm³/mol. The zero-order valence-corrected chi connectivity index (χ0v) is 66.9. The fraction of sp³-hybridized carbons (Fsp3) is 0.539. The number of hydrogen-bond donors (Lipinski definition) is 22. The summed E-state index contributed by atoms with van der Waals surface area (Å²) in [5.41, 5.74) is 23.5. The van der Waals surface area contributed by atoms with Crippen LogP contribution in [0.5, 0.6) is 0 Å². The van der Waals surface area contributed by atoms with E-state index in [1.807, 2.05) is 16.0 Å². The van der Waals surface area contributed by atoms with Gasteiger partial charge in [0.1, 0.15) is 72.6 Å². The first kappa shape index (κ1) is 99.2. The number of nitrogens with one attached hydrogen (secondary N) is 14. The Labute approximate surface area is 687 Å². The molecule has 1 saturated heterocycles. The summed E-state index contributed by atoms with van der Waals surface area (Å²) in [4.78, 5) is 290. The third-order valence-corrected chi connectivity index (χ3v) is 19.1. The number of anilines is 1. The van der Waals surface area contributed by atoms with E-state index in [1.54, 1.807) is 30.5 Å². The lowest BCUT2D eigenvalue weighted by molar-refractivity contribution is -0.156. The number of primary amides is 2. The molecule has 1 fully saturated rings. The summed E-state index contributed by atoms with van der Waals surface area (Å²) in [5.74, 6) is -30.8. The maximum Gasteiger partial charge on any atom is 0.329 e. The van der Waals surface area contributed by atoms with Gasteiger partial charge in [0.05, 0.1) is 51.6 Å². The van der Waals surface area contributed by atoms with Gasteiger partial charge in [0.15, 0.2) is 5.78 Å². The topological polar surface area (TPSA) is 725 Å². The van der Waals surface area contributed by atoms with E-state index in [0.29, 0.717) is 35.2 Å². The number of carbonyl (C=O) groups is 21. The molecule has 2 heterocycles. The Morgan fingerprint density at radius 2 is 1.06 bits per heavy atom. The minimum absolute atomic E-state index is 0.0244. The molecule has 0 spiro atoms. The molecule has 44 nitrogen and oxygen atoms in total. The quantitative estimate of drug-likeness (QED) is 0.0111. The van der Waals surface area contributed by atoms with Crippen LogP contribution < -0.4 is 92.1 Å². The average molecular weight is 1690 g/mol. The maximum atomic E-state index is 14.9. The molecule has 0 radical (unpaired) electrons. The number of fused-ring (bicyclic) bond motifs is 1. The fourth-order valence-electron chi connectivity index (χ4n) is 12.4. The minimum atomic E-state index is -2.47. The van der Waals surface area contributed by atoms with E-state index >= 15 is 0 Å². The molecule has 15 amide bonds. The second-order valence-electron chi connectivity index (χ2n) is 29.0. The van der Waals surface area contributed by atoms with E-state index in [1.165, 1.54) is 24.3 Å². The zero-order chi connectivity index (χ0) is 89.6. The van der Waals surface area contributed by atoms with Gasteiger partial charge in [0, 0.05) is 47.6 Å². The number of amides is 15. The second kappa shape index (κ2) is 49.8. The van der Waals surface area contributed by atoms with Crippen molar-refractivity contribution in [3.8, 4) is 0 Å². The van der Waals surface area contributed by atoms with Gasteiger partial charge in [-0.2, -0.15) is 0 Å². The number of nitrogen functional groups attached to an aromatic ring is 1. The SMILES string of the molecule is CC[C@H](C)CCCCCCCCC(=O)N[C@@H](Cc1c[nH]c2ccccc12)C(=O)N[C@H](CC(N)=O)C(=O)N[C@@H](CC(=O)O)C(=O)N[C@@H]1C(=O)NCC(=O)N[C@@H](CCCN)C(=O)N[C@@H](CC(=O)O)C(=O)N[C@H](C)C(=O)N[C@@H](CC(=O)O)C(=O)NCC(=O)N[C@H](CC(N)=O)C(=O)N[C@@H]([C@H](C)CC(=O)O)C(=O)N[C@@H](CC(=O)c2ccccc2N)C(=O)O[C@H]1C. The number of nitrogens with two attached hydrogens (primary N) is 4. The van der Waals surface area contributed by atoms with Gasteiger partial charge in [-0.15, -0.1) is 0 Å². The first-order valence-corrected chi connectivity index (χ1v) is 38.7. The Morgan fingerprint density at radius 3 is 1.66 bits per heavy atom. The third kappa shape index (κ3) is 34.5. The van der Waals surface area contributed by atoms with Gasteiger partial charge in [0.25, 0.3) is 0 Å². The molecule has 1 aliphatic rings. The van der Waals surface area contributed by atoms with Gasteiger partial charge in [-0.3, -0.25) is 95.9 Å². The van der Waals surface area contributed by atoms with Crippen LogP contribution in [-0.4, -0.2) is 242 Å². The van der Waals surface area contributed by atoms with Crippen molar-refractivity contribution in [2.45, 2.75) is 229 Å². The number of benzene rings is 2. The van der Waals surface area contributed by atoms with Crippen molar-refractivity contribution in [1.29, 1.82) is 0 Å². The molecule has 1 aliphatic heterocycles. The van der Waals surface area contributed by atoms with Crippen molar-refractivity contribution in [3.63, 3.8) is 0 Å². The maximum absolute atomic E-state index is 14.9. The molecule has 0 bridgehead atoms. The molecule has 3 aromatic rings. The van der Waals surface area contributed by atoms with Gasteiger partial charge in [-0.25, -0.2) is 4.79 Å². The number of carbonyl (C=O) groups excluding carboxylic acids is 17. The molecule has 0 saturated carbocycles. The minimum Gasteiger partial charge on any atom is -0.481 e. The number of aliphatic carboxylic acids is 4. The van der Waals surface area contributed by atoms with E-state index in [0.717, 1.165) is 59.3 Å². The van der Waals surface area contributed by atoms with E-state index in [4.69, 9.17) is 27.7 Å². The number of carboxylic acids is 4. The highest BCUT2D eigenvalue weighted by atomic mass is 16.5. The van der Waals surface area contributed by atoms with E-state index in [-0.39, 0.29) is 37.1 Å². The number of carboxylic acid groups (broad SMARTS) is 4. The number of Topliss-reactive ketones (excluding diaryl/α,β-unsaturated/α-hetero) is 1. The number of esters is 1. The zero-order valence-electron chi connectivity index (χ0n) is 66.9. The molecule has 0 aliphatic carbocycles. The van der Waals surface area contributed by atoms with Crippen molar-refractivity contribution in [3.05, 3.63) is 65.9 Å². The lowest BCUT2D eigenvalue weighted by Crippen LogP contribution is -2.62. The average Bonchev–Trinajstić information content (AvgIpc) is 0.985. The van der Waals surface area contributed by atoms with Crippen molar-refractivity contribution in [2.24, 2.45) is 29.0 Å². The predicted octanol–water partition coefficient (Wildman–Crippen LogP) is -4.71. The van der Waals surface area contributed by atoms with Gasteiger partial charge in [-0.1, -0.05) is 96.0 Å². The normalized spacial score (nSPS) is 21.0. The van der Waals surface area contributed by atoms with Crippen LogP contribution in [0.2, 0.25) is 0 Å². The standard InChI is InChI=1S/C76H108N18O26/c1-6-37(2)18-11-9-7-8-10-12-24-57(98)86-47(27-41-34-81-45-22-16-14-19-42(41)45)70(113)89-49(30-56(80)97)71(114)91-52(33-63(107)108)73(116)94-65-40(5)120-76(119)53(28-54(95)43-20-13-15-21-44(43)78)92-75(118)64(38(3)26-60(101)102)93-72(115)48(29-55(79)96)87-59(100)35-82-67(110)50(31-61(103)104)88-66(109)39(4)84-69(112)51(32-62(105)106)90-68(111)46(23-17-25-77)85-58(99)36-83-74(65)117/h13-16,19-22,34,37-40,46-53,64-65,81H,6-12,17-18,23-33,35-36,77-78H2,1-5H3,(H2,79,96)(H2,80,97)(H,82,110)(H,83,117)(H,84,112)(H,85,99)(H,86,98)(H,87,100)(H,88,109)(H,89,113)(H,90,111)(H,91,114)(H,92,118)(H,93,115)(H,94,116)(H,101,102)(H,103,104)(H,105,106)(H,107,108)/t37-,38+,39+,40-,46-,47-,48+,49+,50-,51-,52-,53-,64-,65-/m0/s1. The van der Waals surface area contributed by atoms with Crippen LogP contribution in [0.1, 0.15) is 166 Å². The van der Waals surface area contributed by atoms with Crippen LogP contribution >= 0.6 is 0 Å². The third-order valence-electron chi connectivity index (χ3n) is 19.1. The number of H-pyrrole nitrogens is 1. The van der Waals surface area contributed by atoms with Gasteiger partial charge >= 0.3 is 29.8 Å². The number of ketones is 1. The van der Waals surface area contributed by atoms with Crippen molar-refractivity contribution in [2.75, 3.05) is 25.4 Å². The number of cyclic esters (lactones) is 1. The summed E-state index contributed by atoms with van der Waals surface area (Å²) in [6, 6.07) is -10.8. The number of rotatable bonds is 38. The summed E-state index contributed by atoms with van der Waals surface area (Å²) in [6.45, 7) is 4.58. The number of aromatic nitrogens is 1. The van der Waals surface area contributed by atoms with Gasteiger partial charge in [0.2, 0.25) is 88.6 Å². The molecule has 1 aromatic heterocycles. The Kier molecular flexibility index (Phi) is 41.1. The van der Waals surface area contributed by atoms with Crippen molar-refractivity contribution in [1.82, 2.24) is 74.1 Å². The van der Waals surface area contributed by atoms with Crippen LogP contribution in [0.25, 0.3) is 10.9 Å². The molecule has 2 aromatic carbocycles. The Morgan fingerprint density at radius 1 is 0.525 bits per heavy atom. The molecule has 0 unspecified atom stereocenters. The largest absolute Gasteiger partial charge is 0.481 e. The summed E-state index contributed by atoms with van der Waals surface area (Å²) in [5, 5.41) is 68.5. The number of ether oxygens (including phenoxy) is 1. The fourth-order valence-corrected chi connectivity index (χ4v) is 12.4. The highest BCUT2D eigenvalue weighted by molar-refractivity contribution is 6.05. The number of para-hydroxylation sites is 2. The summed E-state index contributed by atoms with van der Waals surface area (Å²) in [6.07, 6.45) is -2.45. The number of unbranched alkanes of at least 4 members (excludes halogenated alkanes) is 5.